The molecule has 0 aliphatic rings. The van der Waals surface area contributed by atoms with Crippen molar-refractivity contribution in [1.29, 1.82) is 0 Å². The van der Waals surface area contributed by atoms with Crippen LogP contribution in [0.2, 0.25) is 5.02 Å². The molecule has 0 bridgehead atoms. The van der Waals surface area contributed by atoms with Crippen molar-refractivity contribution < 1.29 is 9.50 Å². The average molecular weight is 272 g/mol. The largest absolute Gasteiger partial charge is 0.387 e. The number of thiazole rings is 1. The van der Waals surface area contributed by atoms with Gasteiger partial charge in [0.25, 0.3) is 0 Å². The summed E-state index contributed by atoms with van der Waals surface area (Å²) in [5.41, 5.74) is 3.09. The summed E-state index contributed by atoms with van der Waals surface area (Å²) in [5.74, 6) is -0.461. The monoisotopic (exact) mass is 271 g/mol. The molecular weight excluding hydrogens is 261 g/mol. The second-order valence-electron chi connectivity index (χ2n) is 3.73. The maximum absolute atomic E-state index is 13.2. The van der Waals surface area contributed by atoms with Crippen molar-refractivity contribution in [2.24, 2.45) is 0 Å². The van der Waals surface area contributed by atoms with E-state index >= 15 is 0 Å². The molecule has 2 nitrogen and oxygen atoms in total. The normalized spacial score (nSPS) is 12.7. The van der Waals surface area contributed by atoms with Gasteiger partial charge in [-0.2, -0.15) is 0 Å². The smallest absolute Gasteiger partial charge is 0.142 e. The lowest BCUT2D eigenvalue weighted by Crippen LogP contribution is -2.02. The fraction of sp³-hybridized carbons (Fsp3) is 0.250. The van der Waals surface area contributed by atoms with E-state index in [4.69, 9.17) is 11.6 Å². The van der Waals surface area contributed by atoms with Gasteiger partial charge in [0.05, 0.1) is 27.2 Å². The van der Waals surface area contributed by atoms with Gasteiger partial charge in [0, 0.05) is 6.42 Å². The van der Waals surface area contributed by atoms with Gasteiger partial charge in [-0.1, -0.05) is 23.7 Å². The number of aliphatic hydroxyl groups excluding tert-OH is 1. The topological polar surface area (TPSA) is 33.1 Å². The van der Waals surface area contributed by atoms with Crippen molar-refractivity contribution in [3.63, 3.8) is 0 Å². The fourth-order valence-electron chi connectivity index (χ4n) is 1.64. The first kappa shape index (κ1) is 12.5. The number of nitrogens with zero attached hydrogens (tertiary/aromatic N) is 1. The summed E-state index contributed by atoms with van der Waals surface area (Å²) < 4.78 is 13.2. The van der Waals surface area contributed by atoms with E-state index < -0.39 is 11.9 Å². The molecule has 0 amide bonds. The van der Waals surface area contributed by atoms with Crippen LogP contribution in [-0.2, 0) is 6.42 Å². The van der Waals surface area contributed by atoms with E-state index in [1.54, 1.807) is 17.6 Å². The number of benzene rings is 1. The Balaban J connectivity index is 2.22. The van der Waals surface area contributed by atoms with Gasteiger partial charge in [-0.05, 0) is 18.6 Å². The van der Waals surface area contributed by atoms with Gasteiger partial charge in [0.1, 0.15) is 5.82 Å². The number of hydrogen-bond acceptors (Lipinski definition) is 3. The van der Waals surface area contributed by atoms with Crippen LogP contribution in [0.4, 0.5) is 4.39 Å². The van der Waals surface area contributed by atoms with Crippen LogP contribution in [0.15, 0.2) is 23.7 Å². The van der Waals surface area contributed by atoms with Crippen molar-refractivity contribution >= 4 is 22.9 Å². The molecule has 0 aliphatic carbocycles. The SMILES string of the molecule is Cc1ncsc1C(O)Cc1cccc(F)c1Cl. The van der Waals surface area contributed by atoms with Gasteiger partial charge in [-0.25, -0.2) is 9.37 Å². The molecule has 1 atom stereocenters. The van der Waals surface area contributed by atoms with Crippen LogP contribution in [0.1, 0.15) is 22.2 Å². The van der Waals surface area contributed by atoms with Crippen molar-refractivity contribution in [2.75, 3.05) is 0 Å². The molecule has 0 saturated heterocycles. The number of rotatable bonds is 3. The highest BCUT2D eigenvalue weighted by atomic mass is 35.5. The predicted molar refractivity (Wildman–Crippen MR) is 66.9 cm³/mol. The Labute approximate surface area is 108 Å². The molecule has 1 aromatic carbocycles. The number of halogens is 2. The zero-order chi connectivity index (χ0) is 12.4. The van der Waals surface area contributed by atoms with E-state index in [2.05, 4.69) is 4.98 Å². The molecule has 2 aromatic rings. The lowest BCUT2D eigenvalue weighted by Gasteiger charge is -2.11. The maximum atomic E-state index is 13.2. The Morgan fingerprint density at radius 1 is 1.53 bits per heavy atom. The van der Waals surface area contributed by atoms with Crippen molar-refractivity contribution in [1.82, 2.24) is 4.98 Å². The number of aryl methyl sites for hydroxylation is 1. The summed E-state index contributed by atoms with van der Waals surface area (Å²) >= 11 is 7.23. The second-order valence-corrected chi connectivity index (χ2v) is 5.00. The van der Waals surface area contributed by atoms with Crippen molar-refractivity contribution in [3.05, 3.63) is 50.7 Å². The predicted octanol–water partition coefficient (Wildman–Crippen LogP) is 3.52. The zero-order valence-electron chi connectivity index (χ0n) is 9.15. The lowest BCUT2D eigenvalue weighted by atomic mass is 10.1. The summed E-state index contributed by atoms with van der Waals surface area (Å²) in [5, 5.41) is 10.1. The Morgan fingerprint density at radius 2 is 2.29 bits per heavy atom. The number of hydrogen-bond donors (Lipinski definition) is 1. The molecule has 17 heavy (non-hydrogen) atoms. The van der Waals surface area contributed by atoms with Crippen LogP contribution >= 0.6 is 22.9 Å². The lowest BCUT2D eigenvalue weighted by molar-refractivity contribution is 0.181. The van der Waals surface area contributed by atoms with Crippen LogP contribution < -0.4 is 0 Å². The van der Waals surface area contributed by atoms with E-state index in [9.17, 15) is 9.50 Å². The Morgan fingerprint density at radius 3 is 2.94 bits per heavy atom. The van der Waals surface area contributed by atoms with Crippen LogP contribution in [0.5, 0.6) is 0 Å². The molecule has 0 aliphatic heterocycles. The molecule has 5 heteroatoms. The van der Waals surface area contributed by atoms with E-state index in [-0.39, 0.29) is 5.02 Å². The quantitative estimate of drug-likeness (QED) is 0.927. The molecule has 1 heterocycles. The van der Waals surface area contributed by atoms with Crippen molar-refractivity contribution in [3.8, 4) is 0 Å². The van der Waals surface area contributed by atoms with Gasteiger partial charge in [-0.15, -0.1) is 11.3 Å². The third kappa shape index (κ3) is 2.65. The second kappa shape index (κ2) is 5.12. The Kier molecular flexibility index (Phi) is 3.76. The third-order valence-electron chi connectivity index (χ3n) is 2.53. The number of aliphatic hydroxyl groups is 1. The van der Waals surface area contributed by atoms with E-state index in [1.807, 2.05) is 6.92 Å². The third-order valence-corrected chi connectivity index (χ3v) is 3.99. The summed E-state index contributed by atoms with van der Waals surface area (Å²) in [4.78, 5) is 4.87. The van der Waals surface area contributed by atoms with Crippen LogP contribution in [-0.4, -0.2) is 10.1 Å². The Bertz CT molecular complexity index is 529. The summed E-state index contributed by atoms with van der Waals surface area (Å²) in [6.45, 7) is 1.84. The molecule has 1 aromatic heterocycles. The van der Waals surface area contributed by atoms with Gasteiger partial charge < -0.3 is 5.11 Å². The molecule has 0 saturated carbocycles. The highest BCUT2D eigenvalue weighted by molar-refractivity contribution is 7.09. The molecule has 0 spiro atoms. The van der Waals surface area contributed by atoms with Gasteiger partial charge in [0.2, 0.25) is 0 Å². The zero-order valence-corrected chi connectivity index (χ0v) is 10.7. The van der Waals surface area contributed by atoms with E-state index in [1.165, 1.54) is 17.4 Å². The Hall–Kier alpha value is -0.970. The molecule has 1 unspecified atom stereocenters. The molecule has 90 valence electrons. The molecule has 0 fully saturated rings. The van der Waals surface area contributed by atoms with E-state index in [0.717, 1.165) is 10.6 Å². The standard InChI is InChI=1S/C12H11ClFNOS/c1-7-12(17-6-15-7)10(16)5-8-3-2-4-9(14)11(8)13/h2-4,6,10,16H,5H2,1H3. The first-order chi connectivity index (χ1) is 8.09. The minimum atomic E-state index is -0.693. The number of aromatic nitrogens is 1. The molecular formula is C12H11ClFNOS. The van der Waals surface area contributed by atoms with Crippen molar-refractivity contribution in [2.45, 2.75) is 19.4 Å². The minimum absolute atomic E-state index is 0.0775. The highest BCUT2D eigenvalue weighted by Crippen LogP contribution is 2.28. The molecule has 0 radical (unpaired) electrons. The van der Waals surface area contributed by atoms with Crippen LogP contribution in [0.25, 0.3) is 0 Å². The summed E-state index contributed by atoms with van der Waals surface area (Å²) in [6.07, 6.45) is -0.401. The van der Waals surface area contributed by atoms with Gasteiger partial charge in [-0.3, -0.25) is 0 Å². The molecule has 1 N–H and O–H groups in total. The average Bonchev–Trinajstić information content (AvgIpc) is 2.71. The van der Waals surface area contributed by atoms with Crippen LogP contribution in [0, 0.1) is 12.7 Å². The first-order valence-electron chi connectivity index (χ1n) is 5.10. The molecule has 2 rings (SSSR count). The highest BCUT2D eigenvalue weighted by Gasteiger charge is 2.16. The van der Waals surface area contributed by atoms with Crippen LogP contribution in [0.3, 0.4) is 0 Å². The summed E-state index contributed by atoms with van der Waals surface area (Å²) in [7, 11) is 0. The first-order valence-corrected chi connectivity index (χ1v) is 6.36. The van der Waals surface area contributed by atoms with E-state index in [0.29, 0.717) is 12.0 Å². The van der Waals surface area contributed by atoms with Gasteiger partial charge in [0.15, 0.2) is 0 Å². The fourth-order valence-corrected chi connectivity index (χ4v) is 2.63. The van der Waals surface area contributed by atoms with Gasteiger partial charge >= 0.3 is 0 Å². The minimum Gasteiger partial charge on any atom is -0.387 e. The summed E-state index contributed by atoms with van der Waals surface area (Å²) in [6, 6.07) is 4.60. The maximum Gasteiger partial charge on any atom is 0.142 e.